The van der Waals surface area contributed by atoms with Crippen LogP contribution in [-0.4, -0.2) is 9.97 Å². The fourth-order valence-corrected chi connectivity index (χ4v) is 3.16. The van der Waals surface area contributed by atoms with Crippen LogP contribution in [0.5, 0.6) is 0 Å². The number of nitrogen functional groups attached to an aromatic ring is 1. The van der Waals surface area contributed by atoms with Gasteiger partial charge in [-0.2, -0.15) is 0 Å². The number of rotatable bonds is 3. The number of aryl methyl sites for hydroxylation is 2. The van der Waals surface area contributed by atoms with Crippen LogP contribution in [0.15, 0.2) is 5.38 Å². The Bertz CT molecular complexity index is 459. The number of nitrogens with zero attached hydrogens (tertiary/aromatic N) is 2. The molecule has 15 heavy (non-hydrogen) atoms. The van der Waals surface area contributed by atoms with Crippen LogP contribution in [0.25, 0.3) is 10.6 Å². The Morgan fingerprint density at radius 3 is 2.80 bits per heavy atom. The van der Waals surface area contributed by atoms with Crippen molar-refractivity contribution in [2.75, 3.05) is 5.73 Å². The predicted molar refractivity (Wildman–Crippen MR) is 66.4 cm³/mol. The van der Waals surface area contributed by atoms with Gasteiger partial charge in [0.2, 0.25) is 0 Å². The van der Waals surface area contributed by atoms with E-state index in [9.17, 15) is 0 Å². The molecule has 2 rings (SSSR count). The Morgan fingerprint density at radius 2 is 2.20 bits per heavy atom. The van der Waals surface area contributed by atoms with Crippen LogP contribution in [0.1, 0.15) is 24.0 Å². The molecule has 0 fully saturated rings. The molecule has 3 nitrogen and oxygen atoms in total. The third kappa shape index (κ3) is 2.18. The Kier molecular flexibility index (Phi) is 3.02. The molecule has 2 heterocycles. The van der Waals surface area contributed by atoms with Crippen LogP contribution in [0.4, 0.5) is 5.13 Å². The predicted octanol–water partition coefficient (Wildman–Crippen LogP) is 3.11. The Balaban J connectivity index is 2.35. The van der Waals surface area contributed by atoms with Crippen LogP contribution in [0, 0.1) is 6.92 Å². The van der Waals surface area contributed by atoms with E-state index in [1.165, 1.54) is 16.3 Å². The maximum absolute atomic E-state index is 5.62. The molecule has 80 valence electrons. The summed E-state index contributed by atoms with van der Waals surface area (Å²) in [7, 11) is 0. The standard InChI is InChI=1S/C10H13N3S2/c1-3-4-8-12-6(2)9(15-8)7-5-14-10(11)13-7/h5H,3-4H2,1-2H3,(H2,11,13). The van der Waals surface area contributed by atoms with Crippen molar-refractivity contribution < 1.29 is 0 Å². The summed E-state index contributed by atoms with van der Waals surface area (Å²) in [5, 5.41) is 3.80. The van der Waals surface area contributed by atoms with E-state index in [2.05, 4.69) is 16.9 Å². The molecule has 0 aliphatic carbocycles. The van der Waals surface area contributed by atoms with Gasteiger partial charge in [0, 0.05) is 5.38 Å². The van der Waals surface area contributed by atoms with Gasteiger partial charge in [-0.1, -0.05) is 6.92 Å². The topological polar surface area (TPSA) is 51.8 Å². The zero-order chi connectivity index (χ0) is 10.8. The molecule has 0 aliphatic heterocycles. The number of aromatic nitrogens is 2. The summed E-state index contributed by atoms with van der Waals surface area (Å²) in [5.74, 6) is 0. The quantitative estimate of drug-likeness (QED) is 0.895. The van der Waals surface area contributed by atoms with E-state index in [0.717, 1.165) is 29.1 Å². The van der Waals surface area contributed by atoms with E-state index < -0.39 is 0 Å². The van der Waals surface area contributed by atoms with Gasteiger partial charge in [0.1, 0.15) is 0 Å². The first kappa shape index (κ1) is 10.6. The smallest absolute Gasteiger partial charge is 0.180 e. The monoisotopic (exact) mass is 239 g/mol. The third-order valence-corrected chi connectivity index (χ3v) is 3.97. The first-order valence-corrected chi connectivity index (χ1v) is 6.58. The molecular weight excluding hydrogens is 226 g/mol. The summed E-state index contributed by atoms with van der Waals surface area (Å²) < 4.78 is 0. The van der Waals surface area contributed by atoms with Gasteiger partial charge in [0.05, 0.1) is 21.3 Å². The van der Waals surface area contributed by atoms with Gasteiger partial charge >= 0.3 is 0 Å². The summed E-state index contributed by atoms with van der Waals surface area (Å²) in [6, 6.07) is 0. The lowest BCUT2D eigenvalue weighted by Gasteiger charge is -1.89. The minimum absolute atomic E-state index is 0.620. The molecule has 2 aromatic rings. The Morgan fingerprint density at radius 1 is 1.40 bits per heavy atom. The molecule has 0 amide bonds. The highest BCUT2D eigenvalue weighted by Crippen LogP contribution is 2.31. The second-order valence-electron chi connectivity index (χ2n) is 3.34. The maximum atomic E-state index is 5.62. The van der Waals surface area contributed by atoms with Gasteiger partial charge < -0.3 is 5.73 Å². The minimum Gasteiger partial charge on any atom is -0.375 e. The second kappa shape index (κ2) is 4.28. The van der Waals surface area contributed by atoms with Gasteiger partial charge in [-0.05, 0) is 19.8 Å². The van der Waals surface area contributed by atoms with Crippen LogP contribution in [-0.2, 0) is 6.42 Å². The molecule has 0 spiro atoms. The normalized spacial score (nSPS) is 10.8. The maximum Gasteiger partial charge on any atom is 0.180 e. The lowest BCUT2D eigenvalue weighted by Crippen LogP contribution is -1.83. The molecule has 0 saturated carbocycles. The van der Waals surface area contributed by atoms with Crippen LogP contribution in [0.2, 0.25) is 0 Å². The molecule has 0 atom stereocenters. The van der Waals surface area contributed by atoms with Gasteiger partial charge in [-0.15, -0.1) is 22.7 Å². The van der Waals surface area contributed by atoms with Crippen molar-refractivity contribution in [3.05, 3.63) is 16.1 Å². The second-order valence-corrected chi connectivity index (χ2v) is 5.32. The van der Waals surface area contributed by atoms with Crippen molar-refractivity contribution in [1.82, 2.24) is 9.97 Å². The van der Waals surface area contributed by atoms with E-state index in [1.54, 1.807) is 11.3 Å². The van der Waals surface area contributed by atoms with Crippen LogP contribution < -0.4 is 5.73 Å². The summed E-state index contributed by atoms with van der Waals surface area (Å²) in [6.45, 7) is 4.19. The molecule has 0 aromatic carbocycles. The first-order chi connectivity index (χ1) is 7.20. The molecule has 2 N–H and O–H groups in total. The van der Waals surface area contributed by atoms with Gasteiger partial charge in [0.25, 0.3) is 0 Å². The molecule has 5 heteroatoms. The molecule has 0 radical (unpaired) electrons. The Hall–Kier alpha value is -0.940. The van der Waals surface area contributed by atoms with Gasteiger partial charge in [-0.25, -0.2) is 9.97 Å². The molecule has 2 aromatic heterocycles. The van der Waals surface area contributed by atoms with Crippen molar-refractivity contribution in [2.24, 2.45) is 0 Å². The highest BCUT2D eigenvalue weighted by molar-refractivity contribution is 7.16. The first-order valence-electron chi connectivity index (χ1n) is 4.88. The van der Waals surface area contributed by atoms with Gasteiger partial charge in [0.15, 0.2) is 5.13 Å². The molecular formula is C10H13N3S2. The van der Waals surface area contributed by atoms with E-state index >= 15 is 0 Å². The fraction of sp³-hybridized carbons (Fsp3) is 0.400. The van der Waals surface area contributed by atoms with Crippen LogP contribution in [0.3, 0.4) is 0 Å². The van der Waals surface area contributed by atoms with Gasteiger partial charge in [-0.3, -0.25) is 0 Å². The number of thiazole rings is 2. The largest absolute Gasteiger partial charge is 0.375 e. The van der Waals surface area contributed by atoms with Crippen molar-refractivity contribution in [2.45, 2.75) is 26.7 Å². The Labute approximate surface area is 97.0 Å². The number of anilines is 1. The van der Waals surface area contributed by atoms with E-state index in [1.807, 2.05) is 12.3 Å². The zero-order valence-electron chi connectivity index (χ0n) is 8.78. The van der Waals surface area contributed by atoms with Crippen molar-refractivity contribution in [1.29, 1.82) is 0 Å². The third-order valence-electron chi connectivity index (χ3n) is 2.06. The minimum atomic E-state index is 0.620. The average molecular weight is 239 g/mol. The number of nitrogens with two attached hydrogens (primary N) is 1. The average Bonchev–Trinajstić information content (AvgIpc) is 2.73. The number of hydrogen-bond acceptors (Lipinski definition) is 5. The lowest BCUT2D eigenvalue weighted by molar-refractivity contribution is 0.903. The number of hydrogen-bond donors (Lipinski definition) is 1. The molecule has 0 bridgehead atoms. The highest BCUT2D eigenvalue weighted by Gasteiger charge is 2.11. The molecule has 0 saturated heterocycles. The van der Waals surface area contributed by atoms with Crippen molar-refractivity contribution in [3.63, 3.8) is 0 Å². The van der Waals surface area contributed by atoms with E-state index in [-0.39, 0.29) is 0 Å². The lowest BCUT2D eigenvalue weighted by atomic mass is 10.3. The van der Waals surface area contributed by atoms with E-state index in [0.29, 0.717) is 5.13 Å². The summed E-state index contributed by atoms with van der Waals surface area (Å²) in [4.78, 5) is 9.97. The zero-order valence-corrected chi connectivity index (χ0v) is 10.4. The van der Waals surface area contributed by atoms with Crippen LogP contribution >= 0.6 is 22.7 Å². The SMILES string of the molecule is CCCc1nc(C)c(-c2csc(N)n2)s1. The van der Waals surface area contributed by atoms with E-state index in [4.69, 9.17) is 5.73 Å². The van der Waals surface area contributed by atoms with Crippen molar-refractivity contribution in [3.8, 4) is 10.6 Å². The summed E-state index contributed by atoms with van der Waals surface area (Å²) >= 11 is 3.20. The fourth-order valence-electron chi connectivity index (χ4n) is 1.40. The molecule has 0 aliphatic rings. The summed E-state index contributed by atoms with van der Waals surface area (Å²) in [5.41, 5.74) is 7.65. The molecule has 0 unspecified atom stereocenters. The highest BCUT2D eigenvalue weighted by atomic mass is 32.1. The van der Waals surface area contributed by atoms with Crippen molar-refractivity contribution >= 4 is 27.8 Å². The summed E-state index contributed by atoms with van der Waals surface area (Å²) in [6.07, 6.45) is 2.18.